The number of nitrogens with zero attached hydrogens (tertiary/aromatic N) is 1. The highest BCUT2D eigenvalue weighted by molar-refractivity contribution is 9.10. The number of anilines is 1. The lowest BCUT2D eigenvalue weighted by Gasteiger charge is -2.32. The second kappa shape index (κ2) is 13.0. The summed E-state index contributed by atoms with van der Waals surface area (Å²) in [7, 11) is -2.76. The molecule has 1 aliphatic rings. The van der Waals surface area contributed by atoms with Gasteiger partial charge in [-0.2, -0.15) is 13.2 Å². The van der Waals surface area contributed by atoms with Crippen LogP contribution in [0.4, 0.5) is 18.9 Å². The standard InChI is InChI=1S/C27H26BrF3N2O7S2/c1-39-26(36)25-23(40-14-21(34)35)22(28)24(41-25)16-6-4-7-19(13-16)32-18-9-11-33(12-10-18)42(37,38)15-17-5-2-3-8-20(17)27(29,30)31/h2-8,13,18,32H,9-12,14-15H2,1H3,(H,34,35). The van der Waals surface area contributed by atoms with Crippen LogP contribution in [0, 0.1) is 0 Å². The average Bonchev–Trinajstić information content (AvgIpc) is 3.27. The van der Waals surface area contributed by atoms with E-state index in [4.69, 9.17) is 14.6 Å². The molecule has 0 aliphatic carbocycles. The minimum absolute atomic E-state index is 0.0639. The van der Waals surface area contributed by atoms with Crippen LogP contribution in [0.1, 0.15) is 33.6 Å². The molecule has 1 fully saturated rings. The van der Waals surface area contributed by atoms with Crippen molar-refractivity contribution >= 4 is 54.9 Å². The van der Waals surface area contributed by atoms with E-state index < -0.39 is 46.1 Å². The number of esters is 1. The van der Waals surface area contributed by atoms with E-state index in [2.05, 4.69) is 21.2 Å². The molecule has 0 radical (unpaired) electrons. The molecule has 226 valence electrons. The summed E-state index contributed by atoms with van der Waals surface area (Å²) in [5, 5.41) is 12.4. The van der Waals surface area contributed by atoms with E-state index in [1.54, 1.807) is 12.1 Å². The Morgan fingerprint density at radius 3 is 2.48 bits per heavy atom. The van der Waals surface area contributed by atoms with E-state index in [0.717, 1.165) is 23.1 Å². The Labute approximate surface area is 252 Å². The number of rotatable bonds is 10. The second-order valence-electron chi connectivity index (χ2n) is 9.39. The van der Waals surface area contributed by atoms with Crippen LogP contribution >= 0.6 is 27.3 Å². The number of carboxylic acid groups (broad SMARTS) is 1. The Hall–Kier alpha value is -3.14. The number of carboxylic acids is 1. The monoisotopic (exact) mass is 690 g/mol. The van der Waals surface area contributed by atoms with Crippen LogP contribution in [0.2, 0.25) is 0 Å². The van der Waals surface area contributed by atoms with E-state index in [1.807, 2.05) is 12.1 Å². The van der Waals surface area contributed by atoms with Crippen molar-refractivity contribution in [3.05, 3.63) is 69.0 Å². The summed E-state index contributed by atoms with van der Waals surface area (Å²) in [5.74, 6) is -2.55. The molecule has 15 heteroatoms. The van der Waals surface area contributed by atoms with Crippen LogP contribution in [-0.2, 0) is 31.5 Å². The molecule has 42 heavy (non-hydrogen) atoms. The molecule has 0 bridgehead atoms. The summed E-state index contributed by atoms with van der Waals surface area (Å²) in [5.41, 5.74) is 0.187. The number of aliphatic carboxylic acids is 1. The third kappa shape index (κ3) is 7.43. The smallest absolute Gasteiger partial charge is 0.416 e. The summed E-state index contributed by atoms with van der Waals surface area (Å²) in [6, 6.07) is 11.8. The van der Waals surface area contributed by atoms with Gasteiger partial charge in [-0.15, -0.1) is 11.3 Å². The molecule has 1 aromatic heterocycles. The molecular formula is C27H26BrF3N2O7S2. The van der Waals surface area contributed by atoms with Gasteiger partial charge >= 0.3 is 18.1 Å². The number of halogens is 4. The zero-order valence-electron chi connectivity index (χ0n) is 22.1. The number of nitrogens with one attached hydrogen (secondary N) is 1. The first kappa shape index (κ1) is 31.8. The minimum Gasteiger partial charge on any atom is -0.479 e. The fraction of sp³-hybridized carbons (Fsp3) is 0.333. The highest BCUT2D eigenvalue weighted by Crippen LogP contribution is 2.46. The molecule has 1 saturated heterocycles. The molecule has 0 amide bonds. The molecule has 0 spiro atoms. The van der Waals surface area contributed by atoms with E-state index in [9.17, 15) is 31.2 Å². The van der Waals surface area contributed by atoms with Crippen LogP contribution in [-0.4, -0.2) is 62.6 Å². The number of sulfonamides is 1. The summed E-state index contributed by atoms with van der Waals surface area (Å²) in [6.45, 7) is -0.349. The quantitative estimate of drug-likeness (QED) is 0.254. The lowest BCUT2D eigenvalue weighted by atomic mass is 10.1. The van der Waals surface area contributed by atoms with Crippen molar-refractivity contribution in [2.75, 3.05) is 32.1 Å². The van der Waals surface area contributed by atoms with Crippen molar-refractivity contribution in [2.45, 2.75) is 30.8 Å². The number of carbonyl (C=O) groups is 2. The van der Waals surface area contributed by atoms with Gasteiger partial charge in [-0.25, -0.2) is 22.3 Å². The number of hydrogen-bond donors (Lipinski definition) is 2. The molecule has 2 heterocycles. The highest BCUT2D eigenvalue weighted by atomic mass is 79.9. The number of thiophene rings is 1. The number of benzene rings is 2. The van der Waals surface area contributed by atoms with Crippen molar-refractivity contribution in [1.82, 2.24) is 4.31 Å². The normalized spacial score (nSPS) is 14.9. The van der Waals surface area contributed by atoms with Crippen LogP contribution in [0.3, 0.4) is 0 Å². The Morgan fingerprint density at radius 2 is 1.83 bits per heavy atom. The SMILES string of the molecule is COC(=O)c1sc(-c2cccc(NC3CCN(S(=O)(=O)Cc4ccccc4C(F)(F)F)CC3)c2)c(Br)c1OCC(=O)O. The van der Waals surface area contributed by atoms with Gasteiger partial charge in [-0.1, -0.05) is 30.3 Å². The second-order valence-corrected chi connectivity index (χ2v) is 13.2. The first-order valence-electron chi connectivity index (χ1n) is 12.5. The third-order valence-electron chi connectivity index (χ3n) is 6.52. The molecule has 0 atom stereocenters. The van der Waals surface area contributed by atoms with Gasteiger partial charge in [0.1, 0.15) is 0 Å². The predicted octanol–water partition coefficient (Wildman–Crippen LogP) is 5.85. The van der Waals surface area contributed by atoms with Crippen molar-refractivity contribution < 1.29 is 45.8 Å². The molecular weight excluding hydrogens is 665 g/mol. The van der Waals surface area contributed by atoms with Crippen LogP contribution in [0.25, 0.3) is 10.4 Å². The van der Waals surface area contributed by atoms with Gasteiger partial charge in [-0.3, -0.25) is 0 Å². The summed E-state index contributed by atoms with van der Waals surface area (Å²) >= 11 is 4.49. The molecule has 2 N–H and O–H groups in total. The van der Waals surface area contributed by atoms with Crippen LogP contribution in [0.5, 0.6) is 5.75 Å². The first-order valence-corrected chi connectivity index (χ1v) is 15.8. The highest BCUT2D eigenvalue weighted by Gasteiger charge is 2.36. The fourth-order valence-corrected chi connectivity index (χ4v) is 8.11. The van der Waals surface area contributed by atoms with Gasteiger partial charge in [-0.05, 0) is 58.1 Å². The summed E-state index contributed by atoms with van der Waals surface area (Å²) < 4.78 is 77.8. The molecule has 0 unspecified atom stereocenters. The Kier molecular flexibility index (Phi) is 9.85. The maximum atomic E-state index is 13.4. The zero-order chi connectivity index (χ0) is 30.7. The molecule has 1 aliphatic heterocycles. The minimum atomic E-state index is -4.65. The van der Waals surface area contributed by atoms with E-state index in [1.165, 1.54) is 29.6 Å². The lowest BCUT2D eigenvalue weighted by Crippen LogP contribution is -2.42. The predicted molar refractivity (Wildman–Crippen MR) is 154 cm³/mol. The number of ether oxygens (including phenoxy) is 2. The average molecular weight is 692 g/mol. The van der Waals surface area contributed by atoms with Gasteiger partial charge in [0, 0.05) is 24.8 Å². The van der Waals surface area contributed by atoms with Gasteiger partial charge < -0.3 is 19.9 Å². The number of alkyl halides is 3. The number of hydrogen-bond acceptors (Lipinski definition) is 8. The number of piperidine rings is 1. The maximum absolute atomic E-state index is 13.4. The van der Waals surface area contributed by atoms with Crippen molar-refractivity contribution in [3.8, 4) is 16.2 Å². The van der Waals surface area contributed by atoms with E-state index in [-0.39, 0.29) is 35.3 Å². The van der Waals surface area contributed by atoms with Gasteiger partial charge in [0.25, 0.3) is 0 Å². The van der Waals surface area contributed by atoms with Crippen molar-refractivity contribution in [1.29, 1.82) is 0 Å². The number of carbonyl (C=O) groups excluding carboxylic acids is 1. The molecule has 2 aromatic carbocycles. The van der Waals surface area contributed by atoms with Crippen molar-refractivity contribution in [2.24, 2.45) is 0 Å². The largest absolute Gasteiger partial charge is 0.479 e. The number of methoxy groups -OCH3 is 1. The summed E-state index contributed by atoms with van der Waals surface area (Å²) in [4.78, 5) is 24.0. The molecule has 4 rings (SSSR count). The lowest BCUT2D eigenvalue weighted by molar-refractivity contribution is -0.139. The van der Waals surface area contributed by atoms with Crippen LogP contribution in [0.15, 0.2) is 53.0 Å². The Morgan fingerprint density at radius 1 is 1.14 bits per heavy atom. The van der Waals surface area contributed by atoms with Gasteiger partial charge in [0.15, 0.2) is 17.2 Å². The van der Waals surface area contributed by atoms with Crippen molar-refractivity contribution in [3.63, 3.8) is 0 Å². The van der Waals surface area contributed by atoms with Gasteiger partial charge in [0.2, 0.25) is 10.0 Å². The molecule has 3 aromatic rings. The van der Waals surface area contributed by atoms with E-state index >= 15 is 0 Å². The maximum Gasteiger partial charge on any atom is 0.416 e. The fourth-order valence-electron chi connectivity index (χ4n) is 4.55. The third-order valence-corrected chi connectivity index (χ3v) is 10.6. The summed E-state index contributed by atoms with van der Waals surface area (Å²) in [6.07, 6.45) is -3.77. The van der Waals surface area contributed by atoms with E-state index in [0.29, 0.717) is 27.8 Å². The Balaban J connectivity index is 1.44. The molecule has 0 saturated carbocycles. The Bertz CT molecular complexity index is 1570. The first-order chi connectivity index (χ1) is 19.8. The zero-order valence-corrected chi connectivity index (χ0v) is 25.3. The van der Waals surface area contributed by atoms with Crippen LogP contribution < -0.4 is 10.1 Å². The van der Waals surface area contributed by atoms with Gasteiger partial charge in [0.05, 0.1) is 27.8 Å². The molecule has 9 nitrogen and oxygen atoms in total. The topological polar surface area (TPSA) is 122 Å².